The van der Waals surface area contributed by atoms with Crippen LogP contribution in [0.4, 0.5) is 11.7 Å². The fourth-order valence-corrected chi connectivity index (χ4v) is 2.17. The molecule has 0 aliphatic rings. The van der Waals surface area contributed by atoms with E-state index in [9.17, 15) is 9.59 Å². The summed E-state index contributed by atoms with van der Waals surface area (Å²) in [7, 11) is 0. The Morgan fingerprint density at radius 2 is 1.96 bits per heavy atom. The lowest BCUT2D eigenvalue weighted by Crippen LogP contribution is -2.14. The molecule has 0 bridgehead atoms. The van der Waals surface area contributed by atoms with Gasteiger partial charge in [-0.3, -0.25) is 14.9 Å². The second-order valence-electron chi connectivity index (χ2n) is 4.89. The van der Waals surface area contributed by atoms with Gasteiger partial charge in [0.2, 0.25) is 0 Å². The topological polar surface area (TPSA) is 97.4 Å². The van der Waals surface area contributed by atoms with Gasteiger partial charge >= 0.3 is 6.01 Å². The van der Waals surface area contributed by atoms with Crippen molar-refractivity contribution in [2.24, 2.45) is 0 Å². The lowest BCUT2D eigenvalue weighted by molar-refractivity contribution is 0.0990. The average Bonchev–Trinajstić information content (AvgIpc) is 3.22. The molecule has 0 aliphatic heterocycles. The first-order valence-electron chi connectivity index (χ1n) is 6.91. The Labute approximate surface area is 145 Å². The number of furan rings is 1. The van der Waals surface area contributed by atoms with Gasteiger partial charge in [0.1, 0.15) is 6.26 Å². The molecule has 3 rings (SSSR count). The number of anilines is 2. The number of carbonyl (C=O) groups is 2. The highest BCUT2D eigenvalue weighted by Crippen LogP contribution is 2.20. The van der Waals surface area contributed by atoms with Gasteiger partial charge < -0.3 is 14.2 Å². The number of aryl methyl sites for hydroxylation is 1. The van der Waals surface area contributed by atoms with Crippen molar-refractivity contribution in [3.05, 3.63) is 64.3 Å². The zero-order chi connectivity index (χ0) is 17.1. The molecule has 122 valence electrons. The summed E-state index contributed by atoms with van der Waals surface area (Å²) in [5.41, 5.74) is 1.66. The second kappa shape index (κ2) is 6.71. The minimum atomic E-state index is -0.516. The van der Waals surface area contributed by atoms with Crippen molar-refractivity contribution in [2.45, 2.75) is 6.92 Å². The molecule has 0 atom stereocenters. The molecule has 0 spiro atoms. The van der Waals surface area contributed by atoms with Crippen LogP contribution in [0.2, 0.25) is 0 Å². The quantitative estimate of drug-likeness (QED) is 0.706. The molecule has 0 fully saturated rings. The third-order valence-electron chi connectivity index (χ3n) is 3.12. The third-order valence-corrected chi connectivity index (χ3v) is 4.01. The van der Waals surface area contributed by atoms with Crippen LogP contribution in [0.25, 0.3) is 0 Å². The van der Waals surface area contributed by atoms with Crippen LogP contribution in [-0.4, -0.2) is 16.8 Å². The van der Waals surface area contributed by atoms with Gasteiger partial charge in [0.15, 0.2) is 11.5 Å². The molecule has 7 nitrogen and oxygen atoms in total. The highest BCUT2D eigenvalue weighted by molar-refractivity contribution is 9.10. The fourth-order valence-electron chi connectivity index (χ4n) is 1.92. The van der Waals surface area contributed by atoms with Crippen molar-refractivity contribution in [2.75, 3.05) is 10.6 Å². The molecule has 2 N–H and O–H groups in total. The van der Waals surface area contributed by atoms with Crippen LogP contribution in [0.1, 0.15) is 26.6 Å². The molecule has 1 aromatic carbocycles. The number of oxazole rings is 1. The minimum absolute atomic E-state index is 0.0466. The lowest BCUT2D eigenvalue weighted by Gasteiger charge is -2.05. The summed E-state index contributed by atoms with van der Waals surface area (Å²) in [5, 5.41) is 5.11. The third kappa shape index (κ3) is 3.54. The van der Waals surface area contributed by atoms with Gasteiger partial charge in [-0.05, 0) is 42.8 Å². The van der Waals surface area contributed by atoms with Crippen molar-refractivity contribution in [1.82, 2.24) is 4.98 Å². The fraction of sp³-hybridized carbons (Fsp3) is 0.0625. The van der Waals surface area contributed by atoms with Gasteiger partial charge in [-0.2, -0.15) is 4.98 Å². The standard InChI is InChI=1S/C16H12BrN3O4/c1-9-7-10(4-5-11(9)17)18-14(21)12-8-24-16(19-12)20-15(22)13-3-2-6-23-13/h2-8H,1H3,(H,18,21)(H,19,20,22). The van der Waals surface area contributed by atoms with Crippen LogP contribution in [-0.2, 0) is 0 Å². The number of amides is 2. The van der Waals surface area contributed by atoms with Crippen molar-refractivity contribution in [1.29, 1.82) is 0 Å². The molecule has 2 heterocycles. The number of hydrogen-bond acceptors (Lipinski definition) is 5. The Hall–Kier alpha value is -2.87. The summed E-state index contributed by atoms with van der Waals surface area (Å²) in [6.45, 7) is 1.91. The predicted octanol–water partition coefficient (Wildman–Crippen LogP) is 3.84. The first-order valence-corrected chi connectivity index (χ1v) is 7.70. The molecule has 2 aromatic heterocycles. The molecule has 0 saturated heterocycles. The van der Waals surface area contributed by atoms with E-state index in [-0.39, 0.29) is 17.5 Å². The number of nitrogens with one attached hydrogen (secondary N) is 2. The highest BCUT2D eigenvalue weighted by Gasteiger charge is 2.16. The lowest BCUT2D eigenvalue weighted by atomic mass is 10.2. The van der Waals surface area contributed by atoms with Gasteiger partial charge in [-0.1, -0.05) is 15.9 Å². The molecule has 8 heteroatoms. The number of benzene rings is 1. The smallest absolute Gasteiger partial charge is 0.302 e. The molecule has 0 unspecified atom stereocenters. The van der Waals surface area contributed by atoms with E-state index in [1.54, 1.807) is 12.1 Å². The van der Waals surface area contributed by atoms with Crippen molar-refractivity contribution < 1.29 is 18.4 Å². The number of rotatable bonds is 4. The van der Waals surface area contributed by atoms with Crippen molar-refractivity contribution in [3.8, 4) is 0 Å². The van der Waals surface area contributed by atoms with Gasteiger partial charge in [0.25, 0.3) is 11.8 Å². The predicted molar refractivity (Wildman–Crippen MR) is 90.0 cm³/mol. The number of halogens is 1. The van der Waals surface area contributed by atoms with E-state index in [1.165, 1.54) is 18.6 Å². The van der Waals surface area contributed by atoms with E-state index in [4.69, 9.17) is 8.83 Å². The maximum atomic E-state index is 12.2. The first-order chi connectivity index (χ1) is 11.5. The van der Waals surface area contributed by atoms with Gasteiger partial charge in [-0.25, -0.2) is 0 Å². The van der Waals surface area contributed by atoms with Crippen molar-refractivity contribution in [3.63, 3.8) is 0 Å². The normalized spacial score (nSPS) is 10.4. The van der Waals surface area contributed by atoms with Gasteiger partial charge in [0, 0.05) is 10.2 Å². The maximum absolute atomic E-state index is 12.2. The minimum Gasteiger partial charge on any atom is -0.459 e. The molecule has 24 heavy (non-hydrogen) atoms. The first kappa shape index (κ1) is 16.0. The van der Waals surface area contributed by atoms with E-state index >= 15 is 0 Å². The largest absolute Gasteiger partial charge is 0.459 e. The average molecular weight is 390 g/mol. The van der Waals surface area contributed by atoms with E-state index in [1.807, 2.05) is 19.1 Å². The van der Waals surface area contributed by atoms with Crippen LogP contribution in [0.5, 0.6) is 0 Å². The summed E-state index contributed by atoms with van der Waals surface area (Å²) in [5.74, 6) is -0.846. The Balaban J connectivity index is 1.67. The number of aromatic nitrogens is 1. The number of carbonyl (C=O) groups excluding carboxylic acids is 2. The Morgan fingerprint density at radius 3 is 2.67 bits per heavy atom. The maximum Gasteiger partial charge on any atom is 0.302 e. The zero-order valence-corrected chi connectivity index (χ0v) is 14.1. The van der Waals surface area contributed by atoms with E-state index in [0.29, 0.717) is 5.69 Å². The van der Waals surface area contributed by atoms with Crippen LogP contribution in [0.15, 0.2) is 56.2 Å². The molecule has 3 aromatic rings. The Morgan fingerprint density at radius 1 is 1.12 bits per heavy atom. The summed E-state index contributed by atoms with van der Waals surface area (Å²) >= 11 is 3.40. The summed E-state index contributed by atoms with van der Waals surface area (Å²) < 4.78 is 11.0. The molecule has 2 amide bonds. The Kier molecular flexibility index (Phi) is 4.48. The molecule has 0 aliphatic carbocycles. The number of nitrogens with zero attached hydrogens (tertiary/aromatic N) is 1. The van der Waals surface area contributed by atoms with Crippen LogP contribution >= 0.6 is 15.9 Å². The van der Waals surface area contributed by atoms with Gasteiger partial charge in [0.05, 0.1) is 6.26 Å². The van der Waals surface area contributed by atoms with E-state index in [2.05, 4.69) is 31.5 Å². The highest BCUT2D eigenvalue weighted by atomic mass is 79.9. The van der Waals surface area contributed by atoms with Gasteiger partial charge in [-0.15, -0.1) is 0 Å². The summed E-state index contributed by atoms with van der Waals surface area (Å²) in [6.07, 6.45) is 2.54. The molecular formula is C16H12BrN3O4. The van der Waals surface area contributed by atoms with Crippen LogP contribution in [0, 0.1) is 6.92 Å². The monoisotopic (exact) mass is 389 g/mol. The van der Waals surface area contributed by atoms with E-state index < -0.39 is 11.8 Å². The van der Waals surface area contributed by atoms with Crippen LogP contribution in [0.3, 0.4) is 0 Å². The second-order valence-corrected chi connectivity index (χ2v) is 5.74. The van der Waals surface area contributed by atoms with Crippen molar-refractivity contribution >= 4 is 39.4 Å². The molecule has 0 radical (unpaired) electrons. The van der Waals surface area contributed by atoms with Crippen LogP contribution < -0.4 is 10.6 Å². The summed E-state index contributed by atoms with van der Waals surface area (Å²) in [4.78, 5) is 27.9. The Bertz CT molecular complexity index is 887. The zero-order valence-electron chi connectivity index (χ0n) is 12.5. The molecular weight excluding hydrogens is 378 g/mol. The SMILES string of the molecule is Cc1cc(NC(=O)c2coc(NC(=O)c3ccco3)n2)ccc1Br. The van der Waals surface area contributed by atoms with E-state index in [0.717, 1.165) is 10.0 Å². The summed E-state index contributed by atoms with van der Waals surface area (Å²) in [6, 6.07) is 8.42. The number of hydrogen-bond donors (Lipinski definition) is 2. The molecule has 0 saturated carbocycles.